The Bertz CT molecular complexity index is 533. The van der Waals surface area contributed by atoms with E-state index in [2.05, 4.69) is 0 Å². The fraction of sp³-hybridized carbons (Fsp3) is 0.308. The summed E-state index contributed by atoms with van der Waals surface area (Å²) in [5.41, 5.74) is 1.02. The Kier molecular flexibility index (Phi) is 3.54. The summed E-state index contributed by atoms with van der Waals surface area (Å²) in [7, 11) is 1.63. The number of hydrogen-bond acceptors (Lipinski definition) is 2. The molecule has 90 valence electrons. The number of nitrogens with zero attached hydrogens (tertiary/aromatic N) is 1. The second-order valence-electron chi connectivity index (χ2n) is 3.88. The lowest BCUT2D eigenvalue weighted by molar-refractivity contribution is 0.112. The van der Waals surface area contributed by atoms with Crippen molar-refractivity contribution < 1.29 is 13.9 Å². The molecule has 0 unspecified atom stereocenters. The lowest BCUT2D eigenvalue weighted by atomic mass is 10.2. The third-order valence-electron chi connectivity index (χ3n) is 2.75. The number of carbonyl (C=O) groups excluding carboxylic acids is 1. The zero-order valence-corrected chi connectivity index (χ0v) is 9.65. The third kappa shape index (κ3) is 2.22. The van der Waals surface area contributed by atoms with E-state index in [-0.39, 0.29) is 5.82 Å². The van der Waals surface area contributed by atoms with Crippen LogP contribution in [0.2, 0.25) is 0 Å². The average Bonchev–Trinajstić information content (AvgIpc) is 2.69. The molecular weight excluding hydrogens is 221 g/mol. The normalized spacial score (nSPS) is 10.9. The number of benzene rings is 1. The number of halogens is 1. The summed E-state index contributed by atoms with van der Waals surface area (Å²) in [5, 5.41) is 0.664. The Morgan fingerprint density at radius 2 is 2.29 bits per heavy atom. The van der Waals surface area contributed by atoms with Gasteiger partial charge in [-0.15, -0.1) is 0 Å². The number of aldehydes is 1. The lowest BCUT2D eigenvalue weighted by Gasteiger charge is -2.05. The Balaban J connectivity index is 2.44. The minimum Gasteiger partial charge on any atom is -0.385 e. The largest absolute Gasteiger partial charge is 0.385 e. The molecule has 0 aliphatic heterocycles. The van der Waals surface area contributed by atoms with Crippen molar-refractivity contribution in [2.75, 3.05) is 13.7 Å². The summed E-state index contributed by atoms with van der Waals surface area (Å²) in [6, 6.07) is 4.78. The number of rotatable bonds is 5. The maximum absolute atomic E-state index is 13.7. The summed E-state index contributed by atoms with van der Waals surface area (Å²) in [4.78, 5) is 10.9. The van der Waals surface area contributed by atoms with Crippen LogP contribution in [-0.2, 0) is 11.3 Å². The van der Waals surface area contributed by atoms with Crippen LogP contribution in [0.5, 0.6) is 0 Å². The zero-order valence-electron chi connectivity index (χ0n) is 9.65. The molecule has 4 heteroatoms. The summed E-state index contributed by atoms with van der Waals surface area (Å²) in [6.45, 7) is 1.25. The quantitative estimate of drug-likeness (QED) is 0.589. The number of methoxy groups -OCH3 is 1. The molecule has 17 heavy (non-hydrogen) atoms. The van der Waals surface area contributed by atoms with E-state index in [1.165, 1.54) is 6.07 Å². The van der Waals surface area contributed by atoms with Gasteiger partial charge >= 0.3 is 0 Å². The van der Waals surface area contributed by atoms with Gasteiger partial charge in [-0.2, -0.15) is 0 Å². The highest BCUT2D eigenvalue weighted by molar-refractivity contribution is 5.97. The lowest BCUT2D eigenvalue weighted by Crippen LogP contribution is -2.01. The SMILES string of the molecule is COCCCn1cc(C=O)c2cccc(F)c21. The van der Waals surface area contributed by atoms with Gasteiger partial charge in [-0.1, -0.05) is 12.1 Å². The predicted octanol–water partition coefficient (Wildman–Crippen LogP) is 2.63. The molecule has 0 atom stereocenters. The molecule has 0 fully saturated rings. The number of para-hydroxylation sites is 1. The molecule has 0 aliphatic rings. The van der Waals surface area contributed by atoms with E-state index in [1.54, 1.807) is 30.0 Å². The highest BCUT2D eigenvalue weighted by atomic mass is 19.1. The second kappa shape index (κ2) is 5.10. The Hall–Kier alpha value is -1.68. The first-order chi connectivity index (χ1) is 8.27. The molecule has 2 rings (SSSR count). The molecule has 0 bridgehead atoms. The molecule has 0 aliphatic carbocycles. The number of hydrogen-bond donors (Lipinski definition) is 0. The van der Waals surface area contributed by atoms with Crippen molar-refractivity contribution in [3.05, 3.63) is 35.8 Å². The van der Waals surface area contributed by atoms with Gasteiger partial charge in [0.05, 0.1) is 5.52 Å². The second-order valence-corrected chi connectivity index (χ2v) is 3.88. The molecule has 0 N–H and O–H groups in total. The number of aromatic nitrogens is 1. The highest BCUT2D eigenvalue weighted by Crippen LogP contribution is 2.23. The summed E-state index contributed by atoms with van der Waals surface area (Å²) >= 11 is 0. The van der Waals surface area contributed by atoms with Crippen molar-refractivity contribution in [2.45, 2.75) is 13.0 Å². The van der Waals surface area contributed by atoms with E-state index in [0.29, 0.717) is 29.6 Å². The molecule has 0 amide bonds. The number of aryl methyl sites for hydroxylation is 1. The Labute approximate surface area is 98.8 Å². The minimum absolute atomic E-state index is 0.298. The molecule has 0 saturated heterocycles. The number of carbonyl (C=O) groups is 1. The Morgan fingerprint density at radius 3 is 3.00 bits per heavy atom. The maximum atomic E-state index is 13.7. The molecule has 3 nitrogen and oxygen atoms in total. The maximum Gasteiger partial charge on any atom is 0.152 e. The molecule has 2 aromatic rings. The fourth-order valence-corrected chi connectivity index (χ4v) is 1.99. The van der Waals surface area contributed by atoms with Gasteiger partial charge in [-0.3, -0.25) is 4.79 Å². The number of fused-ring (bicyclic) bond motifs is 1. The van der Waals surface area contributed by atoms with Crippen LogP contribution >= 0.6 is 0 Å². The van der Waals surface area contributed by atoms with Crippen LogP contribution in [0.4, 0.5) is 4.39 Å². The molecule has 1 heterocycles. The smallest absolute Gasteiger partial charge is 0.152 e. The molecule has 0 spiro atoms. The monoisotopic (exact) mass is 235 g/mol. The fourth-order valence-electron chi connectivity index (χ4n) is 1.99. The predicted molar refractivity (Wildman–Crippen MR) is 63.8 cm³/mol. The first-order valence-electron chi connectivity index (χ1n) is 5.49. The van der Waals surface area contributed by atoms with Gasteiger partial charge in [-0.05, 0) is 12.5 Å². The summed E-state index contributed by atoms with van der Waals surface area (Å²) < 4.78 is 20.5. The summed E-state index contributed by atoms with van der Waals surface area (Å²) in [6.07, 6.45) is 3.23. The van der Waals surface area contributed by atoms with Gasteiger partial charge in [0.15, 0.2) is 6.29 Å². The van der Waals surface area contributed by atoms with Crippen LogP contribution in [0, 0.1) is 5.82 Å². The van der Waals surface area contributed by atoms with Crippen LogP contribution < -0.4 is 0 Å². The van der Waals surface area contributed by atoms with Gasteiger partial charge < -0.3 is 9.30 Å². The van der Waals surface area contributed by atoms with E-state index in [1.807, 2.05) is 0 Å². The van der Waals surface area contributed by atoms with Crippen LogP contribution in [0.3, 0.4) is 0 Å². The first kappa shape index (κ1) is 11.8. The number of ether oxygens (including phenoxy) is 1. The van der Waals surface area contributed by atoms with Gasteiger partial charge in [-0.25, -0.2) is 4.39 Å². The average molecular weight is 235 g/mol. The zero-order chi connectivity index (χ0) is 12.3. The van der Waals surface area contributed by atoms with Crippen LogP contribution in [-0.4, -0.2) is 24.6 Å². The Morgan fingerprint density at radius 1 is 1.47 bits per heavy atom. The van der Waals surface area contributed by atoms with Gasteiger partial charge in [0.2, 0.25) is 0 Å². The van der Waals surface area contributed by atoms with Crippen LogP contribution in [0.25, 0.3) is 10.9 Å². The van der Waals surface area contributed by atoms with Gasteiger partial charge in [0.25, 0.3) is 0 Å². The van der Waals surface area contributed by atoms with Crippen LogP contribution in [0.15, 0.2) is 24.4 Å². The molecule has 0 radical (unpaired) electrons. The van der Waals surface area contributed by atoms with Crippen molar-refractivity contribution in [3.63, 3.8) is 0 Å². The van der Waals surface area contributed by atoms with Gasteiger partial charge in [0, 0.05) is 37.4 Å². The molecule has 0 saturated carbocycles. The molecule has 1 aromatic heterocycles. The first-order valence-corrected chi connectivity index (χ1v) is 5.49. The summed E-state index contributed by atoms with van der Waals surface area (Å²) in [5.74, 6) is -0.298. The molecule has 1 aromatic carbocycles. The van der Waals surface area contributed by atoms with E-state index in [9.17, 15) is 9.18 Å². The van der Waals surface area contributed by atoms with E-state index >= 15 is 0 Å². The van der Waals surface area contributed by atoms with Crippen LogP contribution in [0.1, 0.15) is 16.8 Å². The third-order valence-corrected chi connectivity index (χ3v) is 2.75. The standard InChI is InChI=1S/C13H14FNO2/c1-17-7-3-6-15-8-10(9-16)11-4-2-5-12(14)13(11)15/h2,4-5,8-9H,3,6-7H2,1H3. The van der Waals surface area contributed by atoms with Crippen molar-refractivity contribution >= 4 is 17.2 Å². The van der Waals surface area contributed by atoms with Crippen molar-refractivity contribution in [1.29, 1.82) is 0 Å². The van der Waals surface area contributed by atoms with Gasteiger partial charge in [0.1, 0.15) is 5.82 Å². The van der Waals surface area contributed by atoms with E-state index in [4.69, 9.17) is 4.74 Å². The topological polar surface area (TPSA) is 31.2 Å². The highest BCUT2D eigenvalue weighted by Gasteiger charge is 2.11. The van der Waals surface area contributed by atoms with Crippen molar-refractivity contribution in [2.24, 2.45) is 0 Å². The molecular formula is C13H14FNO2. The van der Waals surface area contributed by atoms with Crippen molar-refractivity contribution in [3.8, 4) is 0 Å². The van der Waals surface area contributed by atoms with Crippen molar-refractivity contribution in [1.82, 2.24) is 4.57 Å². The van der Waals surface area contributed by atoms with E-state index in [0.717, 1.165) is 12.7 Å². The minimum atomic E-state index is -0.298. The van der Waals surface area contributed by atoms with E-state index < -0.39 is 0 Å².